The monoisotopic (exact) mass is 605 g/mol. The van der Waals surface area contributed by atoms with Gasteiger partial charge in [0.1, 0.15) is 11.5 Å². The number of halogens is 1. The van der Waals surface area contributed by atoms with Crippen LogP contribution in [-0.2, 0) is 35.2 Å². The maximum absolute atomic E-state index is 13.5. The highest BCUT2D eigenvalue weighted by atomic mass is 35.5. The van der Waals surface area contributed by atoms with Gasteiger partial charge in [0.05, 0.1) is 42.7 Å². The van der Waals surface area contributed by atoms with E-state index in [1.54, 1.807) is 44.2 Å². The van der Waals surface area contributed by atoms with Gasteiger partial charge in [0.25, 0.3) is 5.91 Å². The molecule has 2 aromatic carbocycles. The molecule has 43 heavy (non-hydrogen) atoms. The molecule has 1 aliphatic rings. The second-order valence-corrected chi connectivity index (χ2v) is 9.73. The van der Waals surface area contributed by atoms with E-state index in [-0.39, 0.29) is 30.1 Å². The highest BCUT2D eigenvalue weighted by Crippen LogP contribution is 2.37. The van der Waals surface area contributed by atoms with E-state index in [4.69, 9.17) is 25.5 Å². The number of aryl methyl sites for hydroxylation is 1. The highest BCUT2D eigenvalue weighted by molar-refractivity contribution is 6.39. The fraction of sp³-hybridized carbons (Fsp3) is 0.194. The summed E-state index contributed by atoms with van der Waals surface area (Å²) in [5.41, 5.74) is 2.43. The minimum atomic E-state index is -0.922. The van der Waals surface area contributed by atoms with Gasteiger partial charge in [-0.15, -0.1) is 0 Å². The molecule has 3 aromatic rings. The number of esters is 2. The van der Waals surface area contributed by atoms with E-state index in [9.17, 15) is 24.0 Å². The van der Waals surface area contributed by atoms with Gasteiger partial charge in [-0.25, -0.2) is 9.59 Å². The molecular weight excluding hydrogens is 578 g/mol. The summed E-state index contributed by atoms with van der Waals surface area (Å²) in [6, 6.07) is 14.1. The van der Waals surface area contributed by atoms with Crippen molar-refractivity contribution in [2.45, 2.75) is 27.3 Å². The summed E-state index contributed by atoms with van der Waals surface area (Å²) in [6.07, 6.45) is 1.41. The number of amides is 3. The molecule has 11 nitrogen and oxygen atoms in total. The van der Waals surface area contributed by atoms with E-state index in [0.717, 1.165) is 5.56 Å². The molecule has 0 spiro atoms. The number of furan rings is 1. The molecule has 0 radical (unpaired) electrons. The van der Waals surface area contributed by atoms with Gasteiger partial charge < -0.3 is 24.5 Å². The van der Waals surface area contributed by atoms with Crippen LogP contribution >= 0.6 is 11.6 Å². The average Bonchev–Trinajstić information content (AvgIpc) is 3.54. The zero-order chi connectivity index (χ0) is 31.3. The summed E-state index contributed by atoms with van der Waals surface area (Å²) in [5, 5.41) is 5.36. The Hall–Kier alpha value is -5.16. The molecule has 3 amide bonds. The van der Waals surface area contributed by atoms with Crippen LogP contribution in [0.3, 0.4) is 0 Å². The number of methoxy groups -OCH3 is 1. The Kier molecular flexibility index (Phi) is 9.46. The molecule has 2 N–H and O–H groups in total. The third-order valence-corrected chi connectivity index (χ3v) is 6.86. The summed E-state index contributed by atoms with van der Waals surface area (Å²) in [6.45, 7) is 5.26. The Morgan fingerprint density at radius 1 is 0.977 bits per heavy atom. The van der Waals surface area contributed by atoms with Crippen molar-refractivity contribution in [1.29, 1.82) is 0 Å². The normalized spacial score (nSPS) is 13.7. The van der Waals surface area contributed by atoms with Crippen molar-refractivity contribution in [3.63, 3.8) is 0 Å². The number of allylic oxidation sites excluding steroid dienone is 1. The predicted molar refractivity (Wildman–Crippen MR) is 158 cm³/mol. The number of hydrogen-bond acceptors (Lipinski definition) is 8. The van der Waals surface area contributed by atoms with Crippen LogP contribution in [0, 0.1) is 6.92 Å². The van der Waals surface area contributed by atoms with Crippen LogP contribution in [0.15, 0.2) is 75.9 Å². The summed E-state index contributed by atoms with van der Waals surface area (Å²) >= 11 is 6.27. The third kappa shape index (κ3) is 6.84. The molecule has 2 heterocycles. The van der Waals surface area contributed by atoms with Gasteiger partial charge in [0, 0.05) is 16.4 Å². The van der Waals surface area contributed by atoms with Crippen molar-refractivity contribution in [2.75, 3.05) is 23.9 Å². The molecule has 1 aliphatic heterocycles. The first-order valence-corrected chi connectivity index (χ1v) is 13.5. The standard InChI is InChI=1S/C31H28ClN3O8/c1-5-42-30(39)19-7-9-20(10-8-19)34-28(37)27(36)33-16-23-13-12-22(43-23)15-24-26(31(40)41-4)18(3)35(29(24)38)21-11-6-17(2)25(32)14-21/h6-15H,5,16H2,1-4H3,(H,33,36)(H,34,37). The first-order chi connectivity index (χ1) is 20.5. The summed E-state index contributed by atoms with van der Waals surface area (Å²) in [7, 11) is 1.22. The number of benzene rings is 2. The lowest BCUT2D eigenvalue weighted by Gasteiger charge is -2.18. The second-order valence-electron chi connectivity index (χ2n) is 9.32. The van der Waals surface area contributed by atoms with Crippen molar-refractivity contribution in [3.8, 4) is 0 Å². The van der Waals surface area contributed by atoms with Crippen LogP contribution in [-0.4, -0.2) is 43.4 Å². The molecule has 0 unspecified atom stereocenters. The number of ether oxygens (including phenoxy) is 2. The van der Waals surface area contributed by atoms with Crippen LogP contribution in [0.5, 0.6) is 0 Å². The lowest BCUT2D eigenvalue weighted by molar-refractivity contribution is -0.136. The maximum Gasteiger partial charge on any atom is 0.340 e. The van der Waals surface area contributed by atoms with Crippen LogP contribution in [0.2, 0.25) is 5.02 Å². The number of anilines is 2. The van der Waals surface area contributed by atoms with Crippen LogP contribution in [0.25, 0.3) is 6.08 Å². The van der Waals surface area contributed by atoms with Crippen LogP contribution < -0.4 is 15.5 Å². The Morgan fingerprint density at radius 3 is 2.35 bits per heavy atom. The third-order valence-electron chi connectivity index (χ3n) is 6.46. The van der Waals surface area contributed by atoms with Gasteiger partial charge in [-0.05, 0) is 80.9 Å². The SMILES string of the molecule is CCOC(=O)c1ccc(NC(=O)C(=O)NCc2ccc(C=C3C(=O)N(c4ccc(C)c(Cl)c4)C(C)=C3C(=O)OC)o2)cc1. The first kappa shape index (κ1) is 30.8. The van der Waals surface area contributed by atoms with Gasteiger partial charge in [0.15, 0.2) is 0 Å². The van der Waals surface area contributed by atoms with Gasteiger partial charge in [-0.1, -0.05) is 17.7 Å². The molecule has 0 saturated heterocycles. The zero-order valence-electron chi connectivity index (χ0n) is 23.8. The maximum atomic E-state index is 13.5. The Bertz CT molecular complexity index is 1670. The molecule has 0 fully saturated rings. The smallest absolute Gasteiger partial charge is 0.340 e. The second kappa shape index (κ2) is 13.2. The van der Waals surface area contributed by atoms with Crippen LogP contribution in [0.1, 0.15) is 41.3 Å². The van der Waals surface area contributed by atoms with E-state index in [1.165, 1.54) is 42.4 Å². The highest BCUT2D eigenvalue weighted by Gasteiger charge is 2.38. The number of nitrogens with one attached hydrogen (secondary N) is 2. The molecule has 4 rings (SSSR count). The van der Waals surface area contributed by atoms with Gasteiger partial charge >= 0.3 is 23.8 Å². The number of carbonyl (C=O) groups excluding carboxylic acids is 5. The fourth-order valence-electron chi connectivity index (χ4n) is 4.26. The van der Waals surface area contributed by atoms with Gasteiger partial charge in [0.2, 0.25) is 0 Å². The molecular formula is C31H28ClN3O8. The molecule has 1 aromatic heterocycles. The molecule has 0 aliphatic carbocycles. The quantitative estimate of drug-likeness (QED) is 0.216. The molecule has 0 atom stereocenters. The summed E-state index contributed by atoms with van der Waals surface area (Å²) < 4.78 is 15.6. The molecule has 0 bridgehead atoms. The van der Waals surface area contributed by atoms with E-state index in [0.29, 0.717) is 33.4 Å². The van der Waals surface area contributed by atoms with Crippen molar-refractivity contribution in [1.82, 2.24) is 5.32 Å². The minimum absolute atomic E-state index is 0.0549. The summed E-state index contributed by atoms with van der Waals surface area (Å²) in [5.74, 6) is -2.99. The Morgan fingerprint density at radius 2 is 1.70 bits per heavy atom. The van der Waals surface area contributed by atoms with Crippen LogP contribution in [0.4, 0.5) is 11.4 Å². The molecule has 222 valence electrons. The topological polar surface area (TPSA) is 144 Å². The number of nitrogens with zero attached hydrogens (tertiary/aromatic N) is 1. The van der Waals surface area contributed by atoms with E-state index >= 15 is 0 Å². The van der Waals surface area contributed by atoms with Crippen molar-refractivity contribution in [2.24, 2.45) is 0 Å². The average molecular weight is 606 g/mol. The number of rotatable bonds is 8. The Balaban J connectivity index is 1.44. The molecule has 12 heteroatoms. The lowest BCUT2D eigenvalue weighted by atomic mass is 10.1. The predicted octanol–water partition coefficient (Wildman–Crippen LogP) is 4.55. The minimum Gasteiger partial charge on any atom is -0.465 e. The number of hydrogen-bond donors (Lipinski definition) is 2. The molecule has 0 saturated carbocycles. The van der Waals surface area contributed by atoms with E-state index in [1.807, 2.05) is 6.92 Å². The zero-order valence-corrected chi connectivity index (χ0v) is 24.5. The van der Waals surface area contributed by atoms with Gasteiger partial charge in [-0.3, -0.25) is 19.3 Å². The Labute approximate surface area is 252 Å². The van der Waals surface area contributed by atoms with Gasteiger partial charge in [-0.2, -0.15) is 0 Å². The van der Waals surface area contributed by atoms with E-state index in [2.05, 4.69) is 10.6 Å². The largest absolute Gasteiger partial charge is 0.465 e. The van der Waals surface area contributed by atoms with Crippen molar-refractivity contribution < 1.29 is 37.9 Å². The fourth-order valence-corrected chi connectivity index (χ4v) is 4.44. The summed E-state index contributed by atoms with van der Waals surface area (Å²) in [4.78, 5) is 63.9. The van der Waals surface area contributed by atoms with E-state index < -0.39 is 29.7 Å². The van der Waals surface area contributed by atoms with Crippen molar-refractivity contribution >= 4 is 58.7 Å². The van der Waals surface area contributed by atoms with Crippen molar-refractivity contribution in [3.05, 3.63) is 99.1 Å². The first-order valence-electron chi connectivity index (χ1n) is 13.1. The number of carbonyl (C=O) groups is 5. The lowest BCUT2D eigenvalue weighted by Crippen LogP contribution is -2.34.